The van der Waals surface area contributed by atoms with Crippen LogP contribution in [0.4, 0.5) is 0 Å². The van der Waals surface area contributed by atoms with Gasteiger partial charge in [0.2, 0.25) is 0 Å². The number of aliphatic hydroxyl groups is 1. The van der Waals surface area contributed by atoms with Gasteiger partial charge in [0.05, 0.1) is 0 Å². The van der Waals surface area contributed by atoms with Gasteiger partial charge in [0, 0.05) is 0 Å². The van der Waals surface area contributed by atoms with Gasteiger partial charge >= 0.3 is 0 Å². The minimum Gasteiger partial charge on any atom is -0.491 e. The van der Waals surface area contributed by atoms with Crippen LogP contribution in [0.3, 0.4) is 0 Å². The lowest BCUT2D eigenvalue weighted by Gasteiger charge is -2.13. The molecule has 0 aromatic heterocycles. The number of aliphatic hydroxyl groups excluding tert-OH is 1. The van der Waals surface area contributed by atoms with E-state index in [4.69, 9.17) is 4.74 Å². The highest BCUT2D eigenvalue weighted by atomic mass is 16.5. The van der Waals surface area contributed by atoms with Gasteiger partial charge in [-0.1, -0.05) is 49.4 Å². The SMILES string of the molecule is CCc1cccc(C(O)COc2ccccc2)c1. The third-order valence-electron chi connectivity index (χ3n) is 2.90. The molecule has 0 aliphatic rings. The van der Waals surface area contributed by atoms with Crippen LogP contribution in [-0.4, -0.2) is 11.7 Å². The highest BCUT2D eigenvalue weighted by Gasteiger charge is 2.08. The lowest BCUT2D eigenvalue weighted by molar-refractivity contribution is 0.108. The van der Waals surface area contributed by atoms with Crippen molar-refractivity contribution in [1.29, 1.82) is 0 Å². The largest absolute Gasteiger partial charge is 0.491 e. The molecule has 0 heterocycles. The number of aryl methyl sites for hydroxylation is 1. The number of ether oxygens (including phenoxy) is 1. The molecule has 1 unspecified atom stereocenters. The molecule has 0 bridgehead atoms. The van der Waals surface area contributed by atoms with E-state index < -0.39 is 6.10 Å². The van der Waals surface area contributed by atoms with Crippen LogP contribution in [0.5, 0.6) is 5.75 Å². The predicted molar refractivity (Wildman–Crippen MR) is 72.7 cm³/mol. The third-order valence-corrected chi connectivity index (χ3v) is 2.90. The molecule has 0 aliphatic carbocycles. The standard InChI is InChI=1S/C16H18O2/c1-2-13-7-6-8-14(11-13)16(17)12-18-15-9-4-3-5-10-15/h3-11,16-17H,2,12H2,1H3. The second-order valence-corrected chi connectivity index (χ2v) is 4.24. The van der Waals surface area contributed by atoms with Crippen molar-refractivity contribution in [2.24, 2.45) is 0 Å². The molecule has 0 spiro atoms. The van der Waals surface area contributed by atoms with Crippen molar-refractivity contribution in [3.05, 3.63) is 65.7 Å². The maximum atomic E-state index is 10.1. The second kappa shape index (κ2) is 6.22. The highest BCUT2D eigenvalue weighted by molar-refractivity contribution is 5.26. The first kappa shape index (κ1) is 12.7. The van der Waals surface area contributed by atoms with Crippen molar-refractivity contribution in [1.82, 2.24) is 0 Å². The van der Waals surface area contributed by atoms with Crippen molar-refractivity contribution < 1.29 is 9.84 Å². The molecule has 0 aliphatic heterocycles. The lowest BCUT2D eigenvalue weighted by Crippen LogP contribution is -2.09. The molecule has 2 aromatic rings. The van der Waals surface area contributed by atoms with Crippen LogP contribution in [0, 0.1) is 0 Å². The van der Waals surface area contributed by atoms with E-state index in [1.165, 1.54) is 5.56 Å². The summed E-state index contributed by atoms with van der Waals surface area (Å²) in [4.78, 5) is 0. The van der Waals surface area contributed by atoms with Gasteiger partial charge in [0.15, 0.2) is 0 Å². The number of rotatable bonds is 5. The molecule has 18 heavy (non-hydrogen) atoms. The molecule has 94 valence electrons. The molecule has 0 saturated heterocycles. The van der Waals surface area contributed by atoms with Crippen LogP contribution >= 0.6 is 0 Å². The second-order valence-electron chi connectivity index (χ2n) is 4.24. The van der Waals surface area contributed by atoms with Gasteiger partial charge in [-0.15, -0.1) is 0 Å². The Morgan fingerprint density at radius 3 is 2.56 bits per heavy atom. The first-order valence-corrected chi connectivity index (χ1v) is 6.24. The third kappa shape index (κ3) is 3.34. The summed E-state index contributed by atoms with van der Waals surface area (Å²) in [6.07, 6.45) is 0.386. The maximum Gasteiger partial charge on any atom is 0.119 e. The van der Waals surface area contributed by atoms with E-state index in [0.717, 1.165) is 17.7 Å². The van der Waals surface area contributed by atoms with E-state index in [0.29, 0.717) is 0 Å². The molecule has 1 atom stereocenters. The van der Waals surface area contributed by atoms with Gasteiger partial charge in [-0.05, 0) is 29.7 Å². The fraction of sp³-hybridized carbons (Fsp3) is 0.250. The van der Waals surface area contributed by atoms with Gasteiger partial charge < -0.3 is 9.84 Å². The van der Waals surface area contributed by atoms with Crippen molar-refractivity contribution in [3.8, 4) is 5.75 Å². The fourth-order valence-corrected chi connectivity index (χ4v) is 1.81. The summed E-state index contributed by atoms with van der Waals surface area (Å²) >= 11 is 0. The number of para-hydroxylation sites is 1. The minimum absolute atomic E-state index is 0.275. The summed E-state index contributed by atoms with van der Waals surface area (Å²) in [6.45, 7) is 2.38. The topological polar surface area (TPSA) is 29.5 Å². The normalized spacial score (nSPS) is 12.1. The average Bonchev–Trinajstić information content (AvgIpc) is 2.46. The molecule has 2 nitrogen and oxygen atoms in total. The molecule has 2 aromatic carbocycles. The molecular weight excluding hydrogens is 224 g/mol. The Morgan fingerprint density at radius 2 is 1.83 bits per heavy atom. The maximum absolute atomic E-state index is 10.1. The Hall–Kier alpha value is -1.80. The van der Waals surface area contributed by atoms with Gasteiger partial charge in [-0.2, -0.15) is 0 Å². The molecular formula is C16H18O2. The van der Waals surface area contributed by atoms with Crippen molar-refractivity contribution in [2.75, 3.05) is 6.61 Å². The smallest absolute Gasteiger partial charge is 0.119 e. The molecule has 0 amide bonds. The molecule has 0 saturated carbocycles. The van der Waals surface area contributed by atoms with Gasteiger partial charge in [-0.25, -0.2) is 0 Å². The zero-order chi connectivity index (χ0) is 12.8. The Labute approximate surface area is 108 Å². The predicted octanol–water partition coefficient (Wildman–Crippen LogP) is 3.36. The van der Waals surface area contributed by atoms with Crippen molar-refractivity contribution in [3.63, 3.8) is 0 Å². The van der Waals surface area contributed by atoms with Crippen LogP contribution in [0.15, 0.2) is 54.6 Å². The zero-order valence-electron chi connectivity index (χ0n) is 10.5. The van der Waals surface area contributed by atoms with E-state index in [9.17, 15) is 5.11 Å². The Morgan fingerprint density at radius 1 is 1.06 bits per heavy atom. The van der Waals surface area contributed by atoms with Crippen LogP contribution in [0.2, 0.25) is 0 Å². The molecule has 2 rings (SSSR count). The summed E-state index contributed by atoms with van der Waals surface area (Å²) < 4.78 is 5.55. The summed E-state index contributed by atoms with van der Waals surface area (Å²) in [5, 5.41) is 10.1. The summed E-state index contributed by atoms with van der Waals surface area (Å²) in [7, 11) is 0. The summed E-state index contributed by atoms with van der Waals surface area (Å²) in [5.41, 5.74) is 2.14. The average molecular weight is 242 g/mol. The van der Waals surface area contributed by atoms with Gasteiger partial charge in [0.25, 0.3) is 0 Å². The molecule has 1 N–H and O–H groups in total. The van der Waals surface area contributed by atoms with E-state index in [2.05, 4.69) is 13.0 Å². The van der Waals surface area contributed by atoms with E-state index in [1.807, 2.05) is 48.5 Å². The van der Waals surface area contributed by atoms with Crippen molar-refractivity contribution >= 4 is 0 Å². The Balaban J connectivity index is 1.97. The van der Waals surface area contributed by atoms with E-state index >= 15 is 0 Å². The number of benzene rings is 2. The lowest BCUT2D eigenvalue weighted by atomic mass is 10.1. The minimum atomic E-state index is -0.586. The van der Waals surface area contributed by atoms with E-state index in [1.54, 1.807) is 0 Å². The van der Waals surface area contributed by atoms with Crippen LogP contribution < -0.4 is 4.74 Å². The molecule has 0 radical (unpaired) electrons. The fourth-order valence-electron chi connectivity index (χ4n) is 1.81. The van der Waals surface area contributed by atoms with Crippen LogP contribution in [0.1, 0.15) is 24.2 Å². The van der Waals surface area contributed by atoms with Crippen LogP contribution in [-0.2, 0) is 6.42 Å². The summed E-state index contributed by atoms with van der Waals surface area (Å²) in [5.74, 6) is 0.781. The quantitative estimate of drug-likeness (QED) is 0.871. The first-order chi connectivity index (χ1) is 8.79. The molecule has 0 fully saturated rings. The first-order valence-electron chi connectivity index (χ1n) is 6.24. The number of hydrogen-bond donors (Lipinski definition) is 1. The van der Waals surface area contributed by atoms with Crippen molar-refractivity contribution in [2.45, 2.75) is 19.4 Å². The number of hydrogen-bond acceptors (Lipinski definition) is 2. The molecule has 2 heteroatoms. The zero-order valence-corrected chi connectivity index (χ0v) is 10.5. The Bertz CT molecular complexity index is 479. The van der Waals surface area contributed by atoms with Crippen LogP contribution in [0.25, 0.3) is 0 Å². The van der Waals surface area contributed by atoms with Gasteiger partial charge in [0.1, 0.15) is 18.5 Å². The Kier molecular flexibility index (Phi) is 4.37. The van der Waals surface area contributed by atoms with Gasteiger partial charge in [-0.3, -0.25) is 0 Å². The summed E-state index contributed by atoms with van der Waals surface area (Å²) in [6, 6.07) is 17.5. The van der Waals surface area contributed by atoms with E-state index in [-0.39, 0.29) is 6.61 Å². The monoisotopic (exact) mass is 242 g/mol. The highest BCUT2D eigenvalue weighted by Crippen LogP contribution is 2.17.